The van der Waals surface area contributed by atoms with Crippen LogP contribution in [-0.4, -0.2) is 22.3 Å². The van der Waals surface area contributed by atoms with Crippen molar-refractivity contribution in [3.05, 3.63) is 182 Å². The predicted molar refractivity (Wildman–Crippen MR) is 221 cm³/mol. The van der Waals surface area contributed by atoms with Gasteiger partial charge in [-0.3, -0.25) is 4.98 Å². The lowest BCUT2D eigenvalue weighted by Crippen LogP contribution is -2.29. The molecule has 0 amide bonds. The number of aromatic nitrogens is 2. The van der Waals surface area contributed by atoms with Crippen LogP contribution in [0.15, 0.2) is 182 Å². The molecule has 0 bridgehead atoms. The fourth-order valence-electron chi connectivity index (χ4n) is 8.57. The molecule has 3 heterocycles. The van der Waals surface area contributed by atoms with Gasteiger partial charge in [-0.15, -0.1) is 0 Å². The second-order valence-corrected chi connectivity index (χ2v) is 13.8. The molecule has 4 nitrogen and oxygen atoms in total. The largest absolute Gasteiger partial charge is 0.326 e. The van der Waals surface area contributed by atoms with E-state index in [9.17, 15) is 0 Å². The Kier molecular flexibility index (Phi) is 6.58. The first-order valence-electron chi connectivity index (χ1n) is 18.2. The van der Waals surface area contributed by atoms with Crippen molar-refractivity contribution in [2.24, 2.45) is 0 Å². The third-order valence-corrected chi connectivity index (χ3v) is 10.9. The molecule has 0 atom stereocenters. The number of benzene rings is 7. The molecular formula is C49H33N4+. The van der Waals surface area contributed by atoms with E-state index in [0.717, 1.165) is 57.4 Å². The Balaban J connectivity index is 1.23. The van der Waals surface area contributed by atoms with Gasteiger partial charge in [0.2, 0.25) is 11.4 Å². The molecule has 9 aromatic rings. The fraction of sp³-hybridized carbons (Fsp3) is 0.0204. The van der Waals surface area contributed by atoms with Gasteiger partial charge in [-0.1, -0.05) is 109 Å². The molecule has 0 radical (unpaired) electrons. The van der Waals surface area contributed by atoms with Crippen LogP contribution in [0, 0.1) is 0 Å². The second kappa shape index (κ2) is 11.8. The number of rotatable bonds is 3. The summed E-state index contributed by atoms with van der Waals surface area (Å²) in [6.45, 7) is 0.737. The fourth-order valence-corrected chi connectivity index (χ4v) is 8.57. The average molecular weight is 678 g/mol. The lowest BCUT2D eigenvalue weighted by molar-refractivity contribution is 1.000. The molecule has 1 aliphatic heterocycles. The van der Waals surface area contributed by atoms with Gasteiger partial charge in [0.25, 0.3) is 0 Å². The number of anilines is 2. The summed E-state index contributed by atoms with van der Waals surface area (Å²) < 4.78 is 4.77. The van der Waals surface area contributed by atoms with Gasteiger partial charge in [0.15, 0.2) is 6.21 Å². The summed E-state index contributed by atoms with van der Waals surface area (Å²) in [7, 11) is 0. The van der Waals surface area contributed by atoms with Gasteiger partial charge in [-0.25, -0.2) is 0 Å². The molecule has 0 unspecified atom stereocenters. The van der Waals surface area contributed by atoms with E-state index in [4.69, 9.17) is 4.98 Å². The van der Waals surface area contributed by atoms with Crippen LogP contribution in [0.1, 0.15) is 0 Å². The Morgan fingerprint density at radius 1 is 0.453 bits per heavy atom. The van der Waals surface area contributed by atoms with E-state index in [-0.39, 0.29) is 0 Å². The van der Waals surface area contributed by atoms with E-state index in [1.54, 1.807) is 0 Å². The van der Waals surface area contributed by atoms with E-state index < -0.39 is 0 Å². The van der Waals surface area contributed by atoms with Crippen LogP contribution < -0.4 is 9.48 Å². The molecule has 248 valence electrons. The summed E-state index contributed by atoms with van der Waals surface area (Å²) in [5, 5.41) is 2.51. The molecule has 2 aliphatic rings. The Bertz CT molecular complexity index is 2870. The number of pyridine rings is 1. The maximum atomic E-state index is 5.14. The molecule has 53 heavy (non-hydrogen) atoms. The minimum atomic E-state index is 0.737. The lowest BCUT2D eigenvalue weighted by atomic mass is 9.82. The number of fused-ring (bicyclic) bond motifs is 12. The molecule has 7 aromatic carbocycles. The SMILES string of the molecule is C1=[N+](c2ccccc2)c2cc3c(cc2N(c2ccccc2)C1)-c1ncccc1-c1ccccc1-c1cc(-n2c4ccccc4c4ccccc42)ccc1-3. The van der Waals surface area contributed by atoms with Gasteiger partial charge in [0, 0.05) is 57.7 Å². The van der Waals surface area contributed by atoms with E-state index in [2.05, 4.69) is 196 Å². The van der Waals surface area contributed by atoms with Gasteiger partial charge in [0.05, 0.1) is 16.7 Å². The molecule has 1 aliphatic carbocycles. The molecule has 0 saturated carbocycles. The van der Waals surface area contributed by atoms with E-state index in [0.29, 0.717) is 0 Å². The molecule has 0 N–H and O–H groups in total. The highest BCUT2D eigenvalue weighted by molar-refractivity contribution is 6.10. The quantitative estimate of drug-likeness (QED) is 0.174. The first kappa shape index (κ1) is 29.7. The summed E-state index contributed by atoms with van der Waals surface area (Å²) in [4.78, 5) is 7.55. The Morgan fingerprint density at radius 3 is 1.81 bits per heavy atom. The molecule has 0 spiro atoms. The van der Waals surface area contributed by atoms with Crippen LogP contribution in [0.3, 0.4) is 0 Å². The molecule has 0 fully saturated rings. The highest BCUT2D eigenvalue weighted by atomic mass is 15.2. The van der Waals surface area contributed by atoms with Gasteiger partial charge in [-0.2, -0.15) is 4.58 Å². The van der Waals surface area contributed by atoms with Crippen LogP contribution in [0.25, 0.3) is 72.1 Å². The van der Waals surface area contributed by atoms with Crippen LogP contribution in [0.5, 0.6) is 0 Å². The first-order chi connectivity index (χ1) is 26.3. The standard InChI is InChI=1S/C49H33N4/c1-3-14-33(15-4-1)51-28-29-52(34-16-5-2-6-17-34)48-32-44-43(31-47(48)51)38-26-25-35(53-45-23-11-9-20-39(45)40-21-10-12-24-46(40)53)30-42(38)37-19-8-7-18-36(37)41-22-13-27-50-49(41)44/h1-28,30-32H,29H2/q+1. The lowest BCUT2D eigenvalue weighted by Gasteiger charge is -2.29. The van der Waals surface area contributed by atoms with Gasteiger partial charge < -0.3 is 9.47 Å². The molecular weight excluding hydrogens is 645 g/mol. The Hall–Kier alpha value is -7.04. The number of hydrogen-bond donors (Lipinski definition) is 0. The Labute approximate surface area is 307 Å². The minimum absolute atomic E-state index is 0.737. The topological polar surface area (TPSA) is 24.1 Å². The van der Waals surface area contributed by atoms with Gasteiger partial charge in [-0.05, 0) is 76.3 Å². The smallest absolute Gasteiger partial charge is 0.235 e. The van der Waals surface area contributed by atoms with Crippen LogP contribution in [-0.2, 0) is 0 Å². The maximum Gasteiger partial charge on any atom is 0.235 e. The van der Waals surface area contributed by atoms with Crippen molar-refractivity contribution in [2.45, 2.75) is 0 Å². The monoisotopic (exact) mass is 677 g/mol. The van der Waals surface area contributed by atoms with Crippen molar-refractivity contribution >= 4 is 50.8 Å². The summed E-state index contributed by atoms with van der Waals surface area (Å²) in [6, 6.07) is 63.8. The van der Waals surface area contributed by atoms with Crippen LogP contribution in [0.2, 0.25) is 0 Å². The van der Waals surface area contributed by atoms with Crippen LogP contribution in [0.4, 0.5) is 22.7 Å². The zero-order chi connectivity index (χ0) is 34.9. The minimum Gasteiger partial charge on any atom is -0.326 e. The highest BCUT2D eigenvalue weighted by Gasteiger charge is 2.32. The molecule has 2 aromatic heterocycles. The third-order valence-electron chi connectivity index (χ3n) is 10.9. The zero-order valence-corrected chi connectivity index (χ0v) is 28.9. The zero-order valence-electron chi connectivity index (χ0n) is 28.9. The Morgan fingerprint density at radius 2 is 1.06 bits per heavy atom. The van der Waals surface area contributed by atoms with Crippen molar-refractivity contribution in [1.82, 2.24) is 14.1 Å². The van der Waals surface area contributed by atoms with E-state index in [1.807, 2.05) is 6.20 Å². The van der Waals surface area contributed by atoms with Crippen molar-refractivity contribution in [3.63, 3.8) is 0 Å². The molecule has 11 rings (SSSR count). The summed E-state index contributed by atoms with van der Waals surface area (Å²) in [6.07, 6.45) is 4.23. The first-order valence-corrected chi connectivity index (χ1v) is 18.2. The summed E-state index contributed by atoms with van der Waals surface area (Å²) >= 11 is 0. The van der Waals surface area contributed by atoms with Crippen molar-refractivity contribution < 1.29 is 0 Å². The summed E-state index contributed by atoms with van der Waals surface area (Å²) in [5.74, 6) is 0. The number of hydrogen-bond acceptors (Lipinski definition) is 2. The van der Waals surface area contributed by atoms with Crippen molar-refractivity contribution in [1.29, 1.82) is 0 Å². The van der Waals surface area contributed by atoms with Gasteiger partial charge in [0.1, 0.15) is 12.2 Å². The average Bonchev–Trinajstić information content (AvgIpc) is 3.57. The molecule has 0 saturated heterocycles. The van der Waals surface area contributed by atoms with Crippen LogP contribution >= 0.6 is 0 Å². The maximum absolute atomic E-state index is 5.14. The number of nitrogens with zero attached hydrogens (tertiary/aromatic N) is 4. The predicted octanol–water partition coefficient (Wildman–Crippen LogP) is 12.2. The molecule has 4 heteroatoms. The van der Waals surface area contributed by atoms with E-state index >= 15 is 0 Å². The third kappa shape index (κ3) is 4.56. The number of para-hydroxylation sites is 4. The van der Waals surface area contributed by atoms with Crippen molar-refractivity contribution in [2.75, 3.05) is 11.4 Å². The normalized spacial score (nSPS) is 12.9. The summed E-state index contributed by atoms with van der Waals surface area (Å²) in [5.41, 5.74) is 17.3. The van der Waals surface area contributed by atoms with Gasteiger partial charge >= 0.3 is 0 Å². The van der Waals surface area contributed by atoms with Crippen molar-refractivity contribution in [3.8, 4) is 50.3 Å². The highest BCUT2D eigenvalue weighted by Crippen LogP contribution is 2.51. The van der Waals surface area contributed by atoms with E-state index in [1.165, 1.54) is 44.1 Å². The second-order valence-electron chi connectivity index (χ2n) is 13.8.